The van der Waals surface area contributed by atoms with Crippen molar-refractivity contribution in [1.82, 2.24) is 29.7 Å². The van der Waals surface area contributed by atoms with Crippen LogP contribution in [0, 0.1) is 13.8 Å². The molecule has 1 aliphatic rings. The number of aryl methyl sites for hydroxylation is 2. The van der Waals surface area contributed by atoms with Crippen molar-refractivity contribution < 1.29 is 12.9 Å². The third kappa shape index (κ3) is 3.15. The van der Waals surface area contributed by atoms with Crippen LogP contribution in [0.4, 0.5) is 0 Å². The van der Waals surface area contributed by atoms with E-state index in [0.29, 0.717) is 30.4 Å². The maximum Gasteiger partial charge on any atom is 0.248 e. The second kappa shape index (κ2) is 6.86. The molecule has 27 heavy (non-hydrogen) atoms. The molecule has 1 aromatic carbocycles. The number of hydrogen-bond acceptors (Lipinski definition) is 7. The first-order chi connectivity index (χ1) is 13.0. The minimum absolute atomic E-state index is 0.0933. The average Bonchev–Trinajstić information content (AvgIpc) is 3.29. The maximum atomic E-state index is 13.1. The average molecular weight is 388 g/mol. The quantitative estimate of drug-likeness (QED) is 0.671. The van der Waals surface area contributed by atoms with E-state index in [9.17, 15) is 8.42 Å². The maximum absolute atomic E-state index is 13.1. The van der Waals surface area contributed by atoms with Gasteiger partial charge in [0.15, 0.2) is 11.6 Å². The Bertz CT molecular complexity index is 1020. The number of sulfonamides is 1. The second-order valence-corrected chi connectivity index (χ2v) is 8.51. The summed E-state index contributed by atoms with van der Waals surface area (Å²) in [6, 6.07) is 9.58. The molecule has 9 nitrogen and oxygen atoms in total. The molecule has 0 saturated carbocycles. The van der Waals surface area contributed by atoms with Gasteiger partial charge in [0.05, 0.1) is 5.69 Å². The van der Waals surface area contributed by atoms with Crippen molar-refractivity contribution >= 4 is 10.0 Å². The molecule has 10 heteroatoms. The predicted molar refractivity (Wildman–Crippen MR) is 95.9 cm³/mol. The fourth-order valence-corrected chi connectivity index (χ4v) is 5.36. The summed E-state index contributed by atoms with van der Waals surface area (Å²) in [5.74, 6) is 0.882. The number of rotatable bonds is 4. The van der Waals surface area contributed by atoms with E-state index in [4.69, 9.17) is 4.52 Å². The molecular formula is C17H20N6O3S. The van der Waals surface area contributed by atoms with Crippen molar-refractivity contribution in [3.8, 4) is 5.69 Å². The third-order valence-corrected chi connectivity index (χ3v) is 6.92. The Balaban J connectivity index is 1.64. The van der Waals surface area contributed by atoms with E-state index in [1.54, 1.807) is 18.5 Å². The molecule has 3 aromatic rings. The molecule has 1 atom stereocenters. The summed E-state index contributed by atoms with van der Waals surface area (Å²) in [7, 11) is -3.68. The summed E-state index contributed by atoms with van der Waals surface area (Å²) in [6.07, 6.45) is 1.55. The van der Waals surface area contributed by atoms with Crippen molar-refractivity contribution in [1.29, 1.82) is 0 Å². The first-order valence-corrected chi connectivity index (χ1v) is 10.2. The number of tetrazole rings is 1. The zero-order valence-electron chi connectivity index (χ0n) is 15.1. The number of piperidine rings is 1. The Labute approximate surface area is 157 Å². The number of nitrogens with zero attached hydrogens (tertiary/aromatic N) is 6. The highest BCUT2D eigenvalue weighted by molar-refractivity contribution is 7.89. The van der Waals surface area contributed by atoms with E-state index in [2.05, 4.69) is 20.7 Å². The van der Waals surface area contributed by atoms with E-state index in [1.807, 2.05) is 30.3 Å². The minimum Gasteiger partial charge on any atom is -0.360 e. The SMILES string of the molecule is Cc1noc(C)c1S(=O)(=O)N1CCCC(c2nnnn2-c2ccccc2)C1. The monoisotopic (exact) mass is 388 g/mol. The number of aromatic nitrogens is 5. The van der Waals surface area contributed by atoms with Gasteiger partial charge in [0.2, 0.25) is 10.0 Å². The van der Waals surface area contributed by atoms with Gasteiger partial charge in [-0.3, -0.25) is 0 Å². The van der Waals surface area contributed by atoms with E-state index < -0.39 is 10.0 Å². The third-order valence-electron chi connectivity index (χ3n) is 4.81. The highest BCUT2D eigenvalue weighted by Gasteiger charge is 2.36. The van der Waals surface area contributed by atoms with Gasteiger partial charge in [-0.25, -0.2) is 8.42 Å². The van der Waals surface area contributed by atoms with Crippen LogP contribution in [0.15, 0.2) is 39.8 Å². The van der Waals surface area contributed by atoms with E-state index >= 15 is 0 Å². The topological polar surface area (TPSA) is 107 Å². The van der Waals surface area contributed by atoms with Crippen LogP contribution in [0.2, 0.25) is 0 Å². The van der Waals surface area contributed by atoms with Gasteiger partial charge in [-0.1, -0.05) is 23.4 Å². The number of benzene rings is 1. The van der Waals surface area contributed by atoms with Gasteiger partial charge in [-0.05, 0) is 49.2 Å². The van der Waals surface area contributed by atoms with E-state index in [0.717, 1.165) is 18.5 Å². The van der Waals surface area contributed by atoms with Gasteiger partial charge >= 0.3 is 0 Å². The van der Waals surface area contributed by atoms with Crippen LogP contribution in [0.3, 0.4) is 0 Å². The molecule has 4 rings (SSSR count). The van der Waals surface area contributed by atoms with Crippen LogP contribution in [-0.2, 0) is 10.0 Å². The van der Waals surface area contributed by atoms with Gasteiger partial charge in [0, 0.05) is 19.0 Å². The van der Waals surface area contributed by atoms with Gasteiger partial charge < -0.3 is 4.52 Å². The molecule has 3 heterocycles. The Morgan fingerprint density at radius 2 is 1.96 bits per heavy atom. The molecule has 0 aliphatic carbocycles. The lowest BCUT2D eigenvalue weighted by molar-refractivity contribution is 0.306. The number of hydrogen-bond donors (Lipinski definition) is 0. The van der Waals surface area contributed by atoms with Crippen molar-refractivity contribution in [2.45, 2.75) is 37.5 Å². The van der Waals surface area contributed by atoms with Gasteiger partial charge in [-0.15, -0.1) is 5.10 Å². The van der Waals surface area contributed by atoms with Crippen molar-refractivity contribution in [3.63, 3.8) is 0 Å². The fourth-order valence-electron chi connectivity index (χ4n) is 3.55. The Morgan fingerprint density at radius 3 is 2.67 bits per heavy atom. The molecule has 2 aromatic heterocycles. The lowest BCUT2D eigenvalue weighted by atomic mass is 9.99. The second-order valence-electron chi connectivity index (χ2n) is 6.64. The summed E-state index contributed by atoms with van der Waals surface area (Å²) in [5, 5.41) is 15.9. The zero-order chi connectivity index (χ0) is 19.0. The molecule has 1 fully saturated rings. The largest absolute Gasteiger partial charge is 0.360 e. The van der Waals surface area contributed by atoms with Crippen molar-refractivity contribution in [2.24, 2.45) is 0 Å². The van der Waals surface area contributed by atoms with Crippen LogP contribution in [-0.4, -0.2) is 51.2 Å². The molecule has 0 amide bonds. The fraction of sp³-hybridized carbons (Fsp3) is 0.412. The Kier molecular flexibility index (Phi) is 4.52. The van der Waals surface area contributed by atoms with E-state index in [-0.39, 0.29) is 10.8 Å². The number of para-hydroxylation sites is 1. The van der Waals surface area contributed by atoms with Gasteiger partial charge in [-0.2, -0.15) is 8.99 Å². The van der Waals surface area contributed by atoms with Crippen molar-refractivity contribution in [2.75, 3.05) is 13.1 Å². The summed E-state index contributed by atoms with van der Waals surface area (Å²) in [4.78, 5) is 0.158. The molecule has 0 radical (unpaired) electrons. The normalized spacial score (nSPS) is 18.7. The summed E-state index contributed by atoms with van der Waals surface area (Å²) in [6.45, 7) is 4.03. The molecule has 1 unspecified atom stereocenters. The molecule has 142 valence electrons. The first kappa shape index (κ1) is 17.8. The molecule has 1 aliphatic heterocycles. The minimum atomic E-state index is -3.68. The zero-order valence-corrected chi connectivity index (χ0v) is 15.9. The lowest BCUT2D eigenvalue weighted by Gasteiger charge is -2.31. The highest BCUT2D eigenvalue weighted by Crippen LogP contribution is 2.31. The van der Waals surface area contributed by atoms with E-state index in [1.165, 1.54) is 4.31 Å². The standard InChI is InChI=1S/C17H20N6O3S/c1-12-16(13(2)26-19-12)27(24,25)22-10-6-7-14(11-22)17-18-20-21-23(17)15-8-4-3-5-9-15/h3-5,8-9,14H,6-7,10-11H2,1-2H3. The van der Waals surface area contributed by atoms with Crippen LogP contribution in [0.25, 0.3) is 5.69 Å². The molecule has 0 N–H and O–H groups in total. The highest BCUT2D eigenvalue weighted by atomic mass is 32.2. The van der Waals surface area contributed by atoms with Crippen LogP contribution >= 0.6 is 0 Å². The first-order valence-electron chi connectivity index (χ1n) is 8.75. The molecular weight excluding hydrogens is 368 g/mol. The van der Waals surface area contributed by atoms with Crippen LogP contribution in [0.1, 0.15) is 36.0 Å². The molecule has 0 spiro atoms. The predicted octanol–water partition coefficient (Wildman–Crippen LogP) is 1.84. The Morgan fingerprint density at radius 1 is 1.19 bits per heavy atom. The molecule has 1 saturated heterocycles. The summed E-state index contributed by atoms with van der Waals surface area (Å²) in [5.41, 5.74) is 1.23. The smallest absolute Gasteiger partial charge is 0.248 e. The molecule has 0 bridgehead atoms. The Hall–Kier alpha value is -2.59. The lowest BCUT2D eigenvalue weighted by Crippen LogP contribution is -2.40. The van der Waals surface area contributed by atoms with Gasteiger partial charge in [0.1, 0.15) is 10.6 Å². The summed E-state index contributed by atoms with van der Waals surface area (Å²) >= 11 is 0. The van der Waals surface area contributed by atoms with Crippen LogP contribution < -0.4 is 0 Å². The van der Waals surface area contributed by atoms with Gasteiger partial charge in [0.25, 0.3) is 0 Å². The van der Waals surface area contributed by atoms with Crippen molar-refractivity contribution in [3.05, 3.63) is 47.6 Å². The summed E-state index contributed by atoms with van der Waals surface area (Å²) < 4.78 is 34.5. The van der Waals surface area contributed by atoms with Crippen LogP contribution in [0.5, 0.6) is 0 Å².